The summed E-state index contributed by atoms with van der Waals surface area (Å²) in [6.07, 6.45) is 0. The van der Waals surface area contributed by atoms with Crippen LogP contribution in [0.2, 0.25) is 0 Å². The van der Waals surface area contributed by atoms with Gasteiger partial charge < -0.3 is 0 Å². The maximum absolute atomic E-state index is 0. The molecule has 0 spiro atoms. The van der Waals surface area contributed by atoms with Gasteiger partial charge in [-0.05, 0) is 11.0 Å². The molecule has 0 atom stereocenters. The maximum Gasteiger partial charge on any atom is 0 e. The van der Waals surface area contributed by atoms with E-state index in [-0.39, 0.29) is 68.1 Å². The molecular weight excluding hydrogens is 229 g/mol. The van der Waals surface area contributed by atoms with E-state index >= 15 is 0 Å². The standard InChI is InChI=1S/2Ge.H4Si.2Si/h;;1H4;;. The zero-order valence-corrected chi connectivity index (χ0v) is 8.20. The molecule has 0 saturated heterocycles. The molecule has 0 rings (SSSR count). The van der Waals surface area contributed by atoms with E-state index < -0.39 is 0 Å². The van der Waals surface area contributed by atoms with Crippen LogP contribution in [0, 0.1) is 0 Å². The Balaban J connectivity index is 0. The third-order valence-corrected chi connectivity index (χ3v) is 0. The minimum atomic E-state index is 0. The van der Waals surface area contributed by atoms with Crippen molar-refractivity contribution in [2.24, 2.45) is 0 Å². The van der Waals surface area contributed by atoms with Crippen molar-refractivity contribution in [3.8, 4) is 0 Å². The zero-order chi connectivity index (χ0) is 0. The van der Waals surface area contributed by atoms with Gasteiger partial charge in [-0.1, -0.05) is 0 Å². The maximum atomic E-state index is 0. The Morgan fingerprint density at radius 3 is 0.600 bits per heavy atom. The van der Waals surface area contributed by atoms with Gasteiger partial charge in [0.2, 0.25) is 0 Å². The smallest absolute Gasteiger partial charge is 0 e. The van der Waals surface area contributed by atoms with Gasteiger partial charge in [0, 0.05) is 57.1 Å². The van der Waals surface area contributed by atoms with Gasteiger partial charge in [-0.3, -0.25) is 0 Å². The van der Waals surface area contributed by atoms with Crippen LogP contribution in [-0.4, -0.2) is 68.1 Å². The Kier molecular flexibility index (Phi) is 628. The van der Waals surface area contributed by atoms with Crippen LogP contribution >= 0.6 is 0 Å². The zero-order valence-electron chi connectivity index (χ0n) is 2.00. The first kappa shape index (κ1) is 73.5. The molecule has 5 heteroatoms. The first-order valence-corrected chi connectivity index (χ1v) is 0. The molecule has 5 heavy (non-hydrogen) atoms. The molecule has 0 fully saturated rings. The van der Waals surface area contributed by atoms with Crippen LogP contribution in [0.25, 0.3) is 0 Å². The average Bonchev–Trinajstić information content (AvgIpc) is 0. The van der Waals surface area contributed by atoms with Crippen molar-refractivity contribution in [3.63, 3.8) is 0 Å². The molecule has 0 heterocycles. The van der Waals surface area contributed by atoms with E-state index in [0.717, 1.165) is 0 Å². The van der Waals surface area contributed by atoms with E-state index in [2.05, 4.69) is 0 Å². The average molecular weight is 234 g/mol. The molecule has 24 valence electrons. The molecule has 0 aliphatic heterocycles. The number of hydrogen-bond donors (Lipinski definition) is 0. The normalized spacial score (nSPS) is 0. The van der Waals surface area contributed by atoms with Crippen molar-refractivity contribution >= 4 is 68.1 Å². The first-order valence-electron chi connectivity index (χ1n) is 0. The van der Waals surface area contributed by atoms with Gasteiger partial charge in [-0.2, -0.15) is 0 Å². The van der Waals surface area contributed by atoms with Gasteiger partial charge in [-0.25, -0.2) is 0 Å². The van der Waals surface area contributed by atoms with Crippen LogP contribution in [0.4, 0.5) is 0 Å². The monoisotopic (exact) mass is 236 g/mol. The van der Waals surface area contributed by atoms with Crippen LogP contribution in [0.5, 0.6) is 0 Å². The van der Waals surface area contributed by atoms with Gasteiger partial charge in [0.05, 0.1) is 0 Å². The van der Waals surface area contributed by atoms with Crippen LogP contribution in [-0.2, 0) is 0 Å². The predicted molar refractivity (Wildman–Crippen MR) is 34.4 cm³/mol. The van der Waals surface area contributed by atoms with Crippen molar-refractivity contribution in [1.82, 2.24) is 0 Å². The summed E-state index contributed by atoms with van der Waals surface area (Å²) in [6, 6.07) is 0. The molecule has 16 radical (unpaired) electrons. The molecule has 0 N–H and O–H groups in total. The Labute approximate surface area is 67.9 Å². The van der Waals surface area contributed by atoms with E-state index in [0.29, 0.717) is 0 Å². The van der Waals surface area contributed by atoms with Crippen molar-refractivity contribution in [2.75, 3.05) is 0 Å². The Morgan fingerprint density at radius 2 is 0.600 bits per heavy atom. The van der Waals surface area contributed by atoms with Gasteiger partial charge in [0.15, 0.2) is 0 Å². The second-order valence-corrected chi connectivity index (χ2v) is 0. The van der Waals surface area contributed by atoms with Crippen LogP contribution in [0.3, 0.4) is 0 Å². The Hall–Kier alpha value is 1.74. The minimum absolute atomic E-state index is 0. The molecule has 0 unspecified atom stereocenters. The molecule has 0 aromatic carbocycles. The quantitative estimate of drug-likeness (QED) is 0.392. The van der Waals surface area contributed by atoms with Crippen LogP contribution in [0.1, 0.15) is 0 Å². The topological polar surface area (TPSA) is 0 Å². The minimum Gasteiger partial charge on any atom is -0.0149 e. The van der Waals surface area contributed by atoms with Gasteiger partial charge in [-0.15, -0.1) is 0 Å². The van der Waals surface area contributed by atoms with Crippen molar-refractivity contribution in [3.05, 3.63) is 0 Å². The summed E-state index contributed by atoms with van der Waals surface area (Å²) in [6.45, 7) is 0. The van der Waals surface area contributed by atoms with Gasteiger partial charge in [0.25, 0.3) is 0 Å². The van der Waals surface area contributed by atoms with Gasteiger partial charge >= 0.3 is 0 Å². The van der Waals surface area contributed by atoms with E-state index in [1.807, 2.05) is 0 Å². The molecule has 0 amide bonds. The van der Waals surface area contributed by atoms with Crippen LogP contribution in [0.15, 0.2) is 0 Å². The summed E-state index contributed by atoms with van der Waals surface area (Å²) in [5.74, 6) is 0. The molecule has 0 aromatic heterocycles. The van der Waals surface area contributed by atoms with E-state index in [1.54, 1.807) is 0 Å². The van der Waals surface area contributed by atoms with Gasteiger partial charge in [0.1, 0.15) is 0 Å². The third-order valence-electron chi connectivity index (χ3n) is 0. The Bertz CT molecular complexity index is 4.85. The summed E-state index contributed by atoms with van der Waals surface area (Å²) in [5.41, 5.74) is 0. The first-order chi connectivity index (χ1) is 0. The van der Waals surface area contributed by atoms with Crippen LogP contribution < -0.4 is 0 Å². The van der Waals surface area contributed by atoms with Crippen molar-refractivity contribution in [1.29, 1.82) is 0 Å². The van der Waals surface area contributed by atoms with E-state index in [1.165, 1.54) is 0 Å². The molecule has 0 aromatic rings. The number of hydrogen-bond acceptors (Lipinski definition) is 0. The SMILES string of the molecule is [Ge].[Ge].[SiH4].[Si].[Si]. The molecule has 0 aliphatic carbocycles. The third kappa shape index (κ3) is 26.6. The molecule has 0 aliphatic rings. The summed E-state index contributed by atoms with van der Waals surface area (Å²) < 4.78 is 0. The molecule has 0 saturated carbocycles. The van der Waals surface area contributed by atoms with Crippen molar-refractivity contribution < 1.29 is 0 Å². The molecule has 0 bridgehead atoms. The second kappa shape index (κ2) is 42.7. The summed E-state index contributed by atoms with van der Waals surface area (Å²) in [4.78, 5) is 0. The fourth-order valence-electron chi connectivity index (χ4n) is 0. The fourth-order valence-corrected chi connectivity index (χ4v) is 0. The van der Waals surface area contributed by atoms with E-state index in [9.17, 15) is 0 Å². The predicted octanol–water partition coefficient (Wildman–Crippen LogP) is -2.97. The summed E-state index contributed by atoms with van der Waals surface area (Å²) >= 11 is 0. The number of rotatable bonds is 0. The molecular formula is H4Ge2Si3. The summed E-state index contributed by atoms with van der Waals surface area (Å²) in [5, 5.41) is 0. The largest absolute Gasteiger partial charge is 0.0149 e. The van der Waals surface area contributed by atoms with E-state index in [4.69, 9.17) is 0 Å². The molecule has 0 nitrogen and oxygen atoms in total. The Morgan fingerprint density at radius 1 is 0.600 bits per heavy atom. The van der Waals surface area contributed by atoms with Crippen molar-refractivity contribution in [2.45, 2.75) is 0 Å². The second-order valence-electron chi connectivity index (χ2n) is 0. The fraction of sp³-hybridized carbons (Fsp3) is 0. The summed E-state index contributed by atoms with van der Waals surface area (Å²) in [7, 11) is 0.